The van der Waals surface area contributed by atoms with Crippen LogP contribution in [0.25, 0.3) is 11.7 Å². The molecule has 3 heterocycles. The van der Waals surface area contributed by atoms with Gasteiger partial charge in [-0.3, -0.25) is 4.79 Å². The maximum atomic E-state index is 12.6. The molecule has 0 N–H and O–H groups in total. The van der Waals surface area contributed by atoms with Crippen molar-refractivity contribution in [2.75, 3.05) is 45.4 Å². The van der Waals surface area contributed by atoms with Gasteiger partial charge in [0.1, 0.15) is 5.82 Å². The second-order valence-electron chi connectivity index (χ2n) is 6.90. The quantitative estimate of drug-likeness (QED) is 0.556. The zero-order chi connectivity index (χ0) is 20.9. The minimum absolute atomic E-state index is 0.0333. The Bertz CT molecular complexity index is 1070. The van der Waals surface area contributed by atoms with Crippen LogP contribution in [0.2, 0.25) is 0 Å². The Kier molecular flexibility index (Phi) is 5.94. The molecule has 3 aromatic rings. The third-order valence-electron chi connectivity index (χ3n) is 4.95. The summed E-state index contributed by atoms with van der Waals surface area (Å²) in [5, 5.41) is 4.37. The van der Waals surface area contributed by atoms with Crippen LogP contribution in [-0.2, 0) is 16.0 Å². The summed E-state index contributed by atoms with van der Waals surface area (Å²) in [4.78, 5) is 19.4. The number of hydrogen-bond donors (Lipinski definition) is 0. The largest absolute Gasteiger partial charge is 0.493 e. The van der Waals surface area contributed by atoms with Crippen LogP contribution < -0.4 is 14.4 Å². The summed E-state index contributed by atoms with van der Waals surface area (Å²) in [6.07, 6.45) is 5.26. The summed E-state index contributed by atoms with van der Waals surface area (Å²) in [5.74, 6) is 2.17. The van der Waals surface area contributed by atoms with Crippen LogP contribution in [0.3, 0.4) is 0 Å². The number of nitrogens with zero attached hydrogens (tertiary/aromatic N) is 4. The number of ketones is 1. The smallest absolute Gasteiger partial charge is 0.161 e. The van der Waals surface area contributed by atoms with Crippen LogP contribution >= 0.6 is 0 Å². The first-order valence-corrected chi connectivity index (χ1v) is 9.77. The number of methoxy groups -OCH3 is 2. The number of fused-ring (bicyclic) bond motifs is 1. The maximum absolute atomic E-state index is 12.6. The lowest BCUT2D eigenvalue weighted by molar-refractivity contribution is -0.114. The standard InChI is InChI=1S/C22H24N4O4/c1-28-19-6-4-16(13-20(19)29-2)3-5-18(27)14-17-15-22(25-9-11-30-12-10-25)26-21(24-17)7-8-23-26/h3-8,13,15H,9-12,14H2,1-2H3/b5-3+. The molecule has 0 amide bonds. The Balaban J connectivity index is 1.52. The minimum atomic E-state index is -0.0333. The molecule has 1 aliphatic rings. The molecule has 2 aromatic heterocycles. The first kappa shape index (κ1) is 19.9. The second kappa shape index (κ2) is 8.96. The molecule has 0 radical (unpaired) electrons. The predicted octanol–water partition coefficient (Wildman–Crippen LogP) is 2.41. The molecule has 4 rings (SSSR count). The molecular formula is C22H24N4O4. The Morgan fingerprint density at radius 2 is 1.93 bits per heavy atom. The normalized spacial score (nSPS) is 14.4. The van der Waals surface area contributed by atoms with E-state index in [2.05, 4.69) is 15.0 Å². The Labute approximate surface area is 174 Å². The first-order valence-electron chi connectivity index (χ1n) is 9.77. The lowest BCUT2D eigenvalue weighted by Crippen LogP contribution is -2.37. The van der Waals surface area contributed by atoms with Gasteiger partial charge in [-0.1, -0.05) is 12.1 Å². The Morgan fingerprint density at radius 3 is 2.70 bits per heavy atom. The van der Waals surface area contributed by atoms with Crippen molar-refractivity contribution in [3.63, 3.8) is 0 Å². The van der Waals surface area contributed by atoms with E-state index in [0.29, 0.717) is 30.4 Å². The molecule has 8 heteroatoms. The zero-order valence-electron chi connectivity index (χ0n) is 17.1. The molecule has 1 saturated heterocycles. The fraction of sp³-hybridized carbons (Fsp3) is 0.318. The van der Waals surface area contributed by atoms with Gasteiger partial charge in [-0.25, -0.2) is 4.98 Å². The lowest BCUT2D eigenvalue weighted by Gasteiger charge is -2.29. The van der Waals surface area contributed by atoms with Gasteiger partial charge in [-0.15, -0.1) is 0 Å². The van der Waals surface area contributed by atoms with Crippen molar-refractivity contribution >= 4 is 23.3 Å². The number of hydrogen-bond acceptors (Lipinski definition) is 7. The van der Waals surface area contributed by atoms with E-state index in [-0.39, 0.29) is 12.2 Å². The molecule has 1 aromatic carbocycles. The maximum Gasteiger partial charge on any atom is 0.161 e. The molecular weight excluding hydrogens is 384 g/mol. The molecule has 0 unspecified atom stereocenters. The van der Waals surface area contributed by atoms with Gasteiger partial charge in [0.25, 0.3) is 0 Å². The van der Waals surface area contributed by atoms with Gasteiger partial charge in [0.05, 0.1) is 45.7 Å². The number of carbonyl (C=O) groups excluding carboxylic acids is 1. The van der Waals surface area contributed by atoms with Crippen molar-refractivity contribution < 1.29 is 19.0 Å². The molecule has 30 heavy (non-hydrogen) atoms. The van der Waals surface area contributed by atoms with Crippen molar-refractivity contribution in [2.45, 2.75) is 6.42 Å². The SMILES string of the molecule is COc1ccc(/C=C/C(=O)Cc2cc(N3CCOCC3)n3nccc3n2)cc1OC. The predicted molar refractivity (Wildman–Crippen MR) is 113 cm³/mol. The van der Waals surface area contributed by atoms with Gasteiger partial charge in [0, 0.05) is 25.2 Å². The van der Waals surface area contributed by atoms with Gasteiger partial charge in [-0.05, 0) is 23.8 Å². The Morgan fingerprint density at radius 1 is 1.13 bits per heavy atom. The molecule has 1 fully saturated rings. The van der Waals surface area contributed by atoms with E-state index >= 15 is 0 Å². The van der Waals surface area contributed by atoms with Crippen LogP contribution in [0.15, 0.2) is 42.6 Å². The van der Waals surface area contributed by atoms with Crippen LogP contribution in [0, 0.1) is 0 Å². The van der Waals surface area contributed by atoms with Crippen molar-refractivity contribution in [3.05, 3.63) is 53.9 Å². The van der Waals surface area contributed by atoms with Gasteiger partial charge in [-0.2, -0.15) is 9.61 Å². The summed E-state index contributed by atoms with van der Waals surface area (Å²) in [5.41, 5.74) is 2.30. The van der Waals surface area contributed by atoms with Crippen molar-refractivity contribution in [2.24, 2.45) is 0 Å². The molecule has 0 saturated carbocycles. The van der Waals surface area contributed by atoms with Crippen LogP contribution in [0.1, 0.15) is 11.3 Å². The summed E-state index contributed by atoms with van der Waals surface area (Å²) in [6, 6.07) is 9.30. The molecule has 0 bridgehead atoms. The fourth-order valence-electron chi connectivity index (χ4n) is 3.44. The number of anilines is 1. The second-order valence-corrected chi connectivity index (χ2v) is 6.90. The minimum Gasteiger partial charge on any atom is -0.493 e. The molecule has 0 aliphatic carbocycles. The van der Waals surface area contributed by atoms with E-state index < -0.39 is 0 Å². The van der Waals surface area contributed by atoms with Crippen LogP contribution in [0.5, 0.6) is 11.5 Å². The van der Waals surface area contributed by atoms with Gasteiger partial charge < -0.3 is 19.1 Å². The topological polar surface area (TPSA) is 78.2 Å². The summed E-state index contributed by atoms with van der Waals surface area (Å²) >= 11 is 0. The number of aromatic nitrogens is 3. The number of morpholine rings is 1. The fourth-order valence-corrected chi connectivity index (χ4v) is 3.44. The van der Waals surface area contributed by atoms with Crippen molar-refractivity contribution in [1.82, 2.24) is 14.6 Å². The third-order valence-corrected chi connectivity index (χ3v) is 4.95. The summed E-state index contributed by atoms with van der Waals surface area (Å²) < 4.78 is 17.8. The average Bonchev–Trinajstić information content (AvgIpc) is 3.26. The Hall–Kier alpha value is -3.39. The van der Waals surface area contributed by atoms with E-state index in [4.69, 9.17) is 14.2 Å². The number of rotatable bonds is 7. The summed E-state index contributed by atoms with van der Waals surface area (Å²) in [6.45, 7) is 2.91. The van der Waals surface area contributed by atoms with E-state index in [1.165, 1.54) is 0 Å². The zero-order valence-corrected chi connectivity index (χ0v) is 17.1. The third kappa shape index (κ3) is 4.28. The van der Waals surface area contributed by atoms with Gasteiger partial charge >= 0.3 is 0 Å². The highest BCUT2D eigenvalue weighted by atomic mass is 16.5. The highest BCUT2D eigenvalue weighted by Crippen LogP contribution is 2.28. The number of carbonyl (C=O) groups is 1. The first-order chi connectivity index (χ1) is 14.7. The molecule has 1 aliphatic heterocycles. The molecule has 156 valence electrons. The highest BCUT2D eigenvalue weighted by molar-refractivity contribution is 5.95. The van der Waals surface area contributed by atoms with Crippen molar-refractivity contribution in [1.29, 1.82) is 0 Å². The lowest BCUT2D eigenvalue weighted by atomic mass is 10.1. The molecule has 8 nitrogen and oxygen atoms in total. The number of allylic oxidation sites excluding steroid dienone is 1. The molecule has 0 spiro atoms. The van der Waals surface area contributed by atoms with Gasteiger partial charge in [0.15, 0.2) is 22.9 Å². The highest BCUT2D eigenvalue weighted by Gasteiger charge is 2.17. The van der Waals surface area contributed by atoms with E-state index in [9.17, 15) is 4.79 Å². The van der Waals surface area contributed by atoms with Crippen molar-refractivity contribution in [3.8, 4) is 11.5 Å². The molecule has 0 atom stereocenters. The van der Waals surface area contributed by atoms with Gasteiger partial charge in [0.2, 0.25) is 0 Å². The van der Waals surface area contributed by atoms with E-state index in [1.807, 2.05) is 30.3 Å². The monoisotopic (exact) mass is 408 g/mol. The van der Waals surface area contributed by atoms with E-state index in [1.54, 1.807) is 37.1 Å². The number of benzene rings is 1. The van der Waals surface area contributed by atoms with Crippen LogP contribution in [-0.4, -0.2) is 60.9 Å². The number of ether oxygens (including phenoxy) is 3. The van der Waals surface area contributed by atoms with Crippen LogP contribution in [0.4, 0.5) is 5.82 Å². The van der Waals surface area contributed by atoms with E-state index in [0.717, 1.165) is 30.1 Å². The summed E-state index contributed by atoms with van der Waals surface area (Å²) in [7, 11) is 3.17. The average molecular weight is 408 g/mol.